The van der Waals surface area contributed by atoms with Crippen LogP contribution >= 0.6 is 0 Å². The zero-order chi connectivity index (χ0) is 14.8. The van der Waals surface area contributed by atoms with Crippen LogP contribution in [0.1, 0.15) is 19.0 Å². The van der Waals surface area contributed by atoms with Crippen LogP contribution in [0.15, 0.2) is 36.4 Å². The molecule has 6 heteroatoms. The van der Waals surface area contributed by atoms with Gasteiger partial charge in [-0.2, -0.15) is 0 Å². The topological polar surface area (TPSA) is 84.3 Å². The lowest BCUT2D eigenvalue weighted by molar-refractivity contribution is -0.136. The molecule has 0 amide bonds. The number of para-hydroxylation sites is 1. The van der Waals surface area contributed by atoms with E-state index in [1.165, 1.54) is 6.92 Å². The Morgan fingerprint density at radius 3 is 2.65 bits per heavy atom. The summed E-state index contributed by atoms with van der Waals surface area (Å²) < 4.78 is 24.1. The smallest absolute Gasteiger partial charge is 0.304 e. The van der Waals surface area contributed by atoms with Crippen LogP contribution in [0.4, 0.5) is 0 Å². The van der Waals surface area contributed by atoms with Crippen LogP contribution in [0.5, 0.6) is 0 Å². The Kier molecular flexibility index (Phi) is 4.04. The molecule has 0 bridgehead atoms. The first-order valence-electron chi connectivity index (χ1n) is 6.16. The second-order valence-corrected chi connectivity index (χ2v) is 7.13. The van der Waals surface area contributed by atoms with Crippen molar-refractivity contribution in [1.29, 1.82) is 0 Å². The molecule has 0 saturated heterocycles. The lowest BCUT2D eigenvalue weighted by Gasteiger charge is -2.10. The summed E-state index contributed by atoms with van der Waals surface area (Å²) in [5.41, 5.74) is 1.16. The molecule has 0 aliphatic heterocycles. The Morgan fingerprint density at radius 2 is 1.95 bits per heavy atom. The van der Waals surface area contributed by atoms with Gasteiger partial charge in [0, 0.05) is 5.39 Å². The van der Waals surface area contributed by atoms with Crippen molar-refractivity contribution in [2.24, 2.45) is 0 Å². The fourth-order valence-electron chi connectivity index (χ4n) is 1.91. The van der Waals surface area contributed by atoms with Gasteiger partial charge in [0.15, 0.2) is 9.84 Å². The Labute approximate surface area is 117 Å². The normalized spacial score (nSPS) is 13.2. The van der Waals surface area contributed by atoms with Gasteiger partial charge < -0.3 is 5.11 Å². The number of nitrogens with zero attached hydrogens (tertiary/aromatic N) is 1. The Bertz CT molecular complexity index is 740. The highest BCUT2D eigenvalue weighted by Gasteiger charge is 2.24. The van der Waals surface area contributed by atoms with E-state index in [0.717, 1.165) is 10.9 Å². The maximum Gasteiger partial charge on any atom is 0.304 e. The average molecular weight is 293 g/mol. The van der Waals surface area contributed by atoms with Crippen molar-refractivity contribution in [3.8, 4) is 0 Å². The van der Waals surface area contributed by atoms with E-state index in [-0.39, 0.29) is 5.75 Å². The molecule has 2 aromatic rings. The van der Waals surface area contributed by atoms with Crippen molar-refractivity contribution in [2.45, 2.75) is 24.3 Å². The summed E-state index contributed by atoms with van der Waals surface area (Å²) in [5, 5.41) is 8.69. The summed E-state index contributed by atoms with van der Waals surface area (Å²) in [6, 6.07) is 10.9. The third-order valence-electron chi connectivity index (χ3n) is 3.08. The summed E-state index contributed by atoms with van der Waals surface area (Å²) in [6.45, 7) is 1.41. The van der Waals surface area contributed by atoms with Crippen LogP contribution in [0.3, 0.4) is 0 Å². The van der Waals surface area contributed by atoms with Gasteiger partial charge in [-0.3, -0.25) is 9.78 Å². The van der Waals surface area contributed by atoms with E-state index < -0.39 is 27.5 Å². The molecular weight excluding hydrogens is 278 g/mol. The van der Waals surface area contributed by atoms with Gasteiger partial charge >= 0.3 is 5.97 Å². The summed E-state index contributed by atoms with van der Waals surface area (Å²) in [7, 11) is -3.52. The third kappa shape index (κ3) is 3.33. The van der Waals surface area contributed by atoms with Crippen molar-refractivity contribution in [2.75, 3.05) is 0 Å². The second-order valence-electron chi connectivity index (χ2n) is 4.71. The van der Waals surface area contributed by atoms with Gasteiger partial charge in [-0.05, 0) is 19.1 Å². The maximum atomic E-state index is 12.1. The highest BCUT2D eigenvalue weighted by Crippen LogP contribution is 2.16. The molecule has 0 radical (unpaired) electrons. The van der Waals surface area contributed by atoms with Crippen molar-refractivity contribution in [1.82, 2.24) is 4.98 Å². The molecule has 1 atom stereocenters. The largest absolute Gasteiger partial charge is 0.481 e. The minimum absolute atomic E-state index is 0.244. The number of fused-ring (bicyclic) bond motifs is 1. The third-order valence-corrected chi connectivity index (χ3v) is 5.17. The van der Waals surface area contributed by atoms with E-state index in [0.29, 0.717) is 5.69 Å². The molecule has 0 spiro atoms. The maximum absolute atomic E-state index is 12.1. The quantitative estimate of drug-likeness (QED) is 0.911. The van der Waals surface area contributed by atoms with Crippen LogP contribution in [0.25, 0.3) is 10.9 Å². The van der Waals surface area contributed by atoms with Gasteiger partial charge in [0.1, 0.15) is 0 Å². The number of rotatable bonds is 5. The van der Waals surface area contributed by atoms with E-state index >= 15 is 0 Å². The lowest BCUT2D eigenvalue weighted by Crippen LogP contribution is -2.23. The predicted molar refractivity (Wildman–Crippen MR) is 76.1 cm³/mol. The Balaban J connectivity index is 2.25. The van der Waals surface area contributed by atoms with Gasteiger partial charge in [-0.15, -0.1) is 0 Å². The molecule has 0 aliphatic carbocycles. The number of carboxylic acid groups (broad SMARTS) is 1. The zero-order valence-corrected chi connectivity index (χ0v) is 11.8. The highest BCUT2D eigenvalue weighted by molar-refractivity contribution is 7.91. The molecule has 1 heterocycles. The minimum atomic E-state index is -3.52. The highest BCUT2D eigenvalue weighted by atomic mass is 32.2. The van der Waals surface area contributed by atoms with Crippen molar-refractivity contribution >= 4 is 26.7 Å². The number of benzene rings is 1. The van der Waals surface area contributed by atoms with Crippen LogP contribution in [-0.2, 0) is 20.4 Å². The number of carbonyl (C=O) groups is 1. The molecule has 0 fully saturated rings. The summed E-state index contributed by atoms with van der Waals surface area (Å²) in [5.74, 6) is -1.36. The van der Waals surface area contributed by atoms with Crippen molar-refractivity contribution in [3.05, 3.63) is 42.1 Å². The van der Waals surface area contributed by atoms with Gasteiger partial charge in [-0.25, -0.2) is 8.42 Å². The van der Waals surface area contributed by atoms with E-state index in [1.54, 1.807) is 6.07 Å². The molecule has 1 N–H and O–H groups in total. The fraction of sp³-hybridized carbons (Fsp3) is 0.286. The van der Waals surface area contributed by atoms with Crippen LogP contribution in [-0.4, -0.2) is 29.7 Å². The summed E-state index contributed by atoms with van der Waals surface area (Å²) in [4.78, 5) is 14.9. The number of hydrogen-bond donors (Lipinski definition) is 1. The standard InChI is InChI=1S/C14H15NO4S/c1-10(8-14(16)17)20(18,19)9-12-7-6-11-4-2-3-5-13(11)15-12/h2-7,10H,8-9H2,1H3,(H,16,17). The SMILES string of the molecule is CC(CC(=O)O)S(=O)(=O)Cc1ccc2ccccc2n1. The molecule has 0 aliphatic rings. The van der Waals surface area contributed by atoms with Crippen LogP contribution < -0.4 is 0 Å². The minimum Gasteiger partial charge on any atom is -0.481 e. The predicted octanol–water partition coefficient (Wildman–Crippen LogP) is 2.01. The van der Waals surface area contributed by atoms with Gasteiger partial charge in [0.25, 0.3) is 0 Å². The van der Waals surface area contributed by atoms with E-state index in [4.69, 9.17) is 5.11 Å². The molecule has 1 unspecified atom stereocenters. The average Bonchev–Trinajstić information content (AvgIpc) is 2.37. The van der Waals surface area contributed by atoms with Crippen LogP contribution in [0, 0.1) is 0 Å². The Morgan fingerprint density at radius 1 is 1.25 bits per heavy atom. The van der Waals surface area contributed by atoms with Gasteiger partial charge in [0.05, 0.1) is 28.6 Å². The first-order chi connectivity index (χ1) is 9.38. The Hall–Kier alpha value is -1.95. The molecule has 106 valence electrons. The zero-order valence-electron chi connectivity index (χ0n) is 11.0. The van der Waals surface area contributed by atoms with Crippen molar-refractivity contribution in [3.63, 3.8) is 0 Å². The number of sulfone groups is 1. The molecule has 1 aromatic heterocycles. The number of carboxylic acids is 1. The van der Waals surface area contributed by atoms with E-state index in [2.05, 4.69) is 4.98 Å². The van der Waals surface area contributed by atoms with Crippen LogP contribution in [0.2, 0.25) is 0 Å². The first-order valence-corrected chi connectivity index (χ1v) is 7.88. The summed E-state index contributed by atoms with van der Waals surface area (Å²) in [6.07, 6.45) is -0.393. The monoisotopic (exact) mass is 293 g/mol. The van der Waals surface area contributed by atoms with Gasteiger partial charge in [0.2, 0.25) is 0 Å². The molecule has 2 rings (SSSR count). The molecule has 0 saturated carbocycles. The fourth-order valence-corrected chi connectivity index (χ4v) is 3.16. The number of aromatic nitrogens is 1. The second kappa shape index (κ2) is 5.58. The van der Waals surface area contributed by atoms with Gasteiger partial charge in [-0.1, -0.05) is 24.3 Å². The molecule has 5 nitrogen and oxygen atoms in total. The number of pyridine rings is 1. The summed E-state index contributed by atoms with van der Waals surface area (Å²) >= 11 is 0. The van der Waals surface area contributed by atoms with E-state index in [1.807, 2.05) is 30.3 Å². The first kappa shape index (κ1) is 14.5. The molecule has 20 heavy (non-hydrogen) atoms. The molecular formula is C14H15NO4S. The van der Waals surface area contributed by atoms with E-state index in [9.17, 15) is 13.2 Å². The number of aliphatic carboxylic acids is 1. The number of hydrogen-bond acceptors (Lipinski definition) is 4. The lowest BCUT2D eigenvalue weighted by atomic mass is 10.2. The van der Waals surface area contributed by atoms with Crippen molar-refractivity contribution < 1.29 is 18.3 Å². The molecule has 1 aromatic carbocycles.